The number of cyclic esters (lactones) is 1. The number of nitrogens with zero attached hydrogens (tertiary/aromatic N) is 4. The average molecular weight is 771 g/mol. The Bertz CT molecular complexity index is 1700. The molecule has 0 saturated carbocycles. The summed E-state index contributed by atoms with van der Waals surface area (Å²) in [6, 6.07) is 3.03. The average Bonchev–Trinajstić information content (AvgIpc) is 3.68. The molecule has 55 heavy (non-hydrogen) atoms. The first-order chi connectivity index (χ1) is 25.8. The summed E-state index contributed by atoms with van der Waals surface area (Å²) in [4.78, 5) is 66.6. The minimum atomic E-state index is -1.40. The Morgan fingerprint density at radius 2 is 1.67 bits per heavy atom. The second-order valence-electron chi connectivity index (χ2n) is 17.0. The number of aryl methyl sites for hydroxylation is 1. The number of unbranched alkanes of at least 4 members (excludes halogenated alkanes) is 1. The monoisotopic (exact) mass is 770 g/mol. The van der Waals surface area contributed by atoms with Gasteiger partial charge in [0.25, 0.3) is 0 Å². The zero-order chi connectivity index (χ0) is 40.6. The second kappa shape index (κ2) is 17.0. The second-order valence-corrected chi connectivity index (χ2v) is 17.0. The number of carbonyl (C=O) groups excluding carboxylic acids is 4. The smallest absolute Gasteiger partial charge is 0.410 e. The van der Waals surface area contributed by atoms with Crippen molar-refractivity contribution in [1.82, 2.24) is 19.4 Å². The molecular weight excluding hydrogens is 708 g/mol. The molecule has 0 bridgehead atoms. The first-order valence-electron chi connectivity index (χ1n) is 19.9. The number of aromatic nitrogens is 3. The Hall–Kier alpha value is -3.46. The molecular formula is C41H62N4O10. The van der Waals surface area contributed by atoms with E-state index in [4.69, 9.17) is 23.7 Å². The van der Waals surface area contributed by atoms with Gasteiger partial charge in [-0.15, -0.1) is 0 Å². The van der Waals surface area contributed by atoms with Gasteiger partial charge in [0, 0.05) is 44.1 Å². The molecule has 2 unspecified atom stereocenters. The SMILES string of the molecule is CO[C@]1(C)C[C@@H](C)C(=O)[C@H](C)[C@@H]2N(CCCCn3cnc4ncccc43)C(=O)O[C@]2(C)C(C)OC(=O)[C@H](C)C(=O)[C@H](C)C1O[C@@H]1O[C@H](C)C[C@H](C(C)C)[C@H]1O. The van der Waals surface area contributed by atoms with Gasteiger partial charge in [-0.05, 0) is 84.3 Å². The topological polar surface area (TPSA) is 169 Å². The highest BCUT2D eigenvalue weighted by atomic mass is 16.7. The Balaban J connectivity index is 1.44. The molecule has 3 aliphatic rings. The van der Waals surface area contributed by atoms with Crippen LogP contribution in [0.25, 0.3) is 11.2 Å². The predicted molar refractivity (Wildman–Crippen MR) is 203 cm³/mol. The number of carbonyl (C=O) groups is 4. The molecule has 0 aromatic carbocycles. The Kier molecular flexibility index (Phi) is 13.2. The van der Waals surface area contributed by atoms with E-state index in [1.807, 2.05) is 44.4 Å². The highest BCUT2D eigenvalue weighted by Gasteiger charge is 2.59. The Morgan fingerprint density at radius 1 is 0.982 bits per heavy atom. The van der Waals surface area contributed by atoms with E-state index in [0.717, 1.165) is 5.52 Å². The maximum atomic E-state index is 14.6. The molecule has 14 nitrogen and oxygen atoms in total. The molecule has 1 N–H and O–H groups in total. The molecule has 1 amide bonds. The number of aliphatic hydroxyl groups is 1. The number of hydrogen-bond donors (Lipinski definition) is 1. The summed E-state index contributed by atoms with van der Waals surface area (Å²) in [5.41, 5.74) is -1.07. The van der Waals surface area contributed by atoms with Crippen LogP contribution in [0.1, 0.15) is 94.9 Å². The zero-order valence-electron chi connectivity index (χ0n) is 34.4. The number of amides is 1. The number of imidazole rings is 1. The van der Waals surface area contributed by atoms with Gasteiger partial charge in [0.15, 0.2) is 23.3 Å². The van der Waals surface area contributed by atoms with E-state index < -0.39 is 83.4 Å². The van der Waals surface area contributed by atoms with Crippen LogP contribution >= 0.6 is 0 Å². The van der Waals surface area contributed by atoms with Gasteiger partial charge in [-0.25, -0.2) is 14.8 Å². The van der Waals surface area contributed by atoms with Crippen LogP contribution in [0.2, 0.25) is 0 Å². The van der Waals surface area contributed by atoms with E-state index in [1.165, 1.54) is 14.0 Å². The zero-order valence-corrected chi connectivity index (χ0v) is 34.4. The highest BCUT2D eigenvalue weighted by molar-refractivity contribution is 6.00. The van der Waals surface area contributed by atoms with E-state index in [9.17, 15) is 24.3 Å². The van der Waals surface area contributed by atoms with E-state index >= 15 is 0 Å². The molecule has 3 aliphatic heterocycles. The van der Waals surface area contributed by atoms with Gasteiger partial charge in [-0.2, -0.15) is 0 Å². The maximum absolute atomic E-state index is 14.6. The van der Waals surface area contributed by atoms with Gasteiger partial charge in [0.1, 0.15) is 23.9 Å². The molecule has 3 fully saturated rings. The fourth-order valence-corrected chi connectivity index (χ4v) is 9.18. The highest BCUT2D eigenvalue weighted by Crippen LogP contribution is 2.43. The molecule has 14 heteroatoms. The van der Waals surface area contributed by atoms with Crippen LogP contribution in [0.3, 0.4) is 0 Å². The lowest BCUT2D eigenvalue weighted by Gasteiger charge is -2.46. The van der Waals surface area contributed by atoms with Crippen LogP contribution in [-0.2, 0) is 44.6 Å². The van der Waals surface area contributed by atoms with Crippen molar-refractivity contribution in [2.24, 2.45) is 35.5 Å². The van der Waals surface area contributed by atoms with Crippen LogP contribution < -0.4 is 0 Å². The Labute approximate surface area is 324 Å². The number of ether oxygens (including phenoxy) is 5. The van der Waals surface area contributed by atoms with Crippen molar-refractivity contribution in [3.05, 3.63) is 24.7 Å². The van der Waals surface area contributed by atoms with Gasteiger partial charge in [0.2, 0.25) is 0 Å². The summed E-state index contributed by atoms with van der Waals surface area (Å²) in [6.45, 7) is 18.8. The minimum absolute atomic E-state index is 0.111. The van der Waals surface area contributed by atoms with Gasteiger partial charge in [-0.1, -0.05) is 34.6 Å². The fourth-order valence-electron chi connectivity index (χ4n) is 9.18. The molecule has 0 aliphatic carbocycles. The number of pyridine rings is 1. The molecule has 2 aromatic rings. The van der Waals surface area contributed by atoms with Crippen LogP contribution in [0.4, 0.5) is 4.79 Å². The van der Waals surface area contributed by atoms with E-state index in [1.54, 1.807) is 52.0 Å². The fraction of sp³-hybridized carbons (Fsp3) is 0.756. The van der Waals surface area contributed by atoms with Gasteiger partial charge >= 0.3 is 12.1 Å². The number of Topliss-reactive ketones (excluding diaryl/α,β-unsaturated/α-hetero) is 2. The molecule has 5 heterocycles. The first kappa shape index (κ1) is 42.7. The van der Waals surface area contributed by atoms with Crippen molar-refractivity contribution >= 4 is 34.8 Å². The molecule has 306 valence electrons. The minimum Gasteiger partial charge on any atom is -0.458 e. The molecule has 0 radical (unpaired) electrons. The lowest BCUT2D eigenvalue weighted by Crippen LogP contribution is -2.59. The summed E-state index contributed by atoms with van der Waals surface area (Å²) in [6.07, 6.45) is 0.650. The number of esters is 1. The lowest BCUT2D eigenvalue weighted by atomic mass is 9.73. The van der Waals surface area contributed by atoms with Gasteiger partial charge in [0.05, 0.1) is 35.7 Å². The van der Waals surface area contributed by atoms with Gasteiger partial charge in [-0.3, -0.25) is 14.4 Å². The molecule has 0 spiro atoms. The van der Waals surface area contributed by atoms with Crippen LogP contribution in [0.5, 0.6) is 0 Å². The predicted octanol–water partition coefficient (Wildman–Crippen LogP) is 5.37. The van der Waals surface area contributed by atoms with Crippen LogP contribution in [0, 0.1) is 35.5 Å². The van der Waals surface area contributed by atoms with E-state index in [-0.39, 0.29) is 30.1 Å². The Morgan fingerprint density at radius 3 is 2.35 bits per heavy atom. The summed E-state index contributed by atoms with van der Waals surface area (Å²) in [7, 11) is 1.50. The number of rotatable bonds is 9. The number of methoxy groups -OCH3 is 1. The normalized spacial score (nSPS) is 38.2. The van der Waals surface area contributed by atoms with E-state index in [0.29, 0.717) is 38.0 Å². The lowest BCUT2D eigenvalue weighted by molar-refractivity contribution is -0.299. The number of hydrogen-bond acceptors (Lipinski definition) is 12. The molecule has 3 saturated heterocycles. The third kappa shape index (κ3) is 8.47. The number of aliphatic hydroxyl groups excluding tert-OH is 1. The van der Waals surface area contributed by atoms with Gasteiger partial charge < -0.3 is 38.3 Å². The standard InChI is InChI=1S/C41H62N4O10/c1-22(2)29-19-24(4)52-38(33(29)48)54-35-26(6)32(47)27(7)37(49)53-28(8)41(10)34(25(5)31(46)23(3)20-40(35,9)51-11)45(39(50)55-41)18-13-12-17-44-21-43-36-30(44)15-14-16-42-36/h14-16,21-29,33-35,38,48H,12-13,17-20H2,1-11H3/t23-,24-,25+,26+,27-,28?,29-,33-,34+,35?,38+,40-,41-/m1/s1. The molecule has 5 rings (SSSR count). The quantitative estimate of drug-likeness (QED) is 0.197. The van der Waals surface area contributed by atoms with Crippen LogP contribution in [-0.4, -0.2) is 110 Å². The number of fused-ring (bicyclic) bond motifs is 2. The largest absolute Gasteiger partial charge is 0.458 e. The third-order valence-electron chi connectivity index (χ3n) is 12.7. The summed E-state index contributed by atoms with van der Waals surface area (Å²) >= 11 is 0. The molecule has 2 aromatic heterocycles. The van der Waals surface area contributed by atoms with Crippen molar-refractivity contribution in [2.45, 2.75) is 149 Å². The first-order valence-corrected chi connectivity index (χ1v) is 19.9. The van der Waals surface area contributed by atoms with Crippen molar-refractivity contribution in [3.63, 3.8) is 0 Å². The summed E-state index contributed by atoms with van der Waals surface area (Å²) in [5.74, 6) is -4.88. The van der Waals surface area contributed by atoms with Crippen molar-refractivity contribution < 1.29 is 48.0 Å². The van der Waals surface area contributed by atoms with Crippen LogP contribution in [0.15, 0.2) is 24.7 Å². The maximum Gasteiger partial charge on any atom is 0.410 e. The van der Waals surface area contributed by atoms with Crippen molar-refractivity contribution in [3.8, 4) is 0 Å². The van der Waals surface area contributed by atoms with E-state index in [2.05, 4.69) is 9.97 Å². The van der Waals surface area contributed by atoms with Crippen molar-refractivity contribution in [1.29, 1.82) is 0 Å². The molecule has 13 atom stereocenters. The third-order valence-corrected chi connectivity index (χ3v) is 12.7. The van der Waals surface area contributed by atoms with Crippen molar-refractivity contribution in [2.75, 3.05) is 13.7 Å². The number of ketones is 2. The summed E-state index contributed by atoms with van der Waals surface area (Å²) in [5, 5.41) is 11.4. The summed E-state index contributed by atoms with van der Waals surface area (Å²) < 4.78 is 33.0.